The van der Waals surface area contributed by atoms with Crippen molar-refractivity contribution in [1.82, 2.24) is 0 Å². The highest BCUT2D eigenvalue weighted by atomic mass is 127. The first-order chi connectivity index (χ1) is 8.99. The van der Waals surface area contributed by atoms with Crippen molar-refractivity contribution in [1.29, 1.82) is 0 Å². The molecule has 0 radical (unpaired) electrons. The van der Waals surface area contributed by atoms with Crippen LogP contribution in [-0.2, 0) is 0 Å². The smallest absolute Gasteiger partial charge is 0.337 e. The van der Waals surface area contributed by atoms with Gasteiger partial charge >= 0.3 is 5.97 Å². The molecule has 0 aliphatic rings. The molecule has 2 aromatic rings. The van der Waals surface area contributed by atoms with Crippen LogP contribution in [0.25, 0.3) is 0 Å². The number of carboxylic acids is 1. The topological polar surface area (TPSA) is 66.4 Å². The van der Waals surface area contributed by atoms with Gasteiger partial charge in [0.15, 0.2) is 0 Å². The fourth-order valence-corrected chi connectivity index (χ4v) is 2.99. The van der Waals surface area contributed by atoms with Gasteiger partial charge < -0.3 is 10.4 Å². The number of aromatic carboxylic acids is 1. The Morgan fingerprint density at radius 3 is 2.68 bits per heavy atom. The third kappa shape index (κ3) is 3.26. The number of carbonyl (C=O) groups excluding carboxylic acids is 1. The minimum atomic E-state index is -1.14. The minimum Gasteiger partial charge on any atom is -0.478 e. The van der Waals surface area contributed by atoms with Gasteiger partial charge in [-0.25, -0.2) is 4.79 Å². The van der Waals surface area contributed by atoms with E-state index in [1.54, 1.807) is 11.4 Å². The van der Waals surface area contributed by atoms with Crippen LogP contribution in [0.15, 0.2) is 29.6 Å². The molecule has 98 valence electrons. The molecule has 0 spiro atoms. The molecule has 1 heterocycles. The maximum absolute atomic E-state index is 12.0. The Balaban J connectivity index is 2.33. The molecule has 1 aromatic carbocycles. The molecule has 0 aliphatic carbocycles. The summed E-state index contributed by atoms with van der Waals surface area (Å²) in [6.07, 6.45) is 0. The normalized spacial score (nSPS) is 10.2. The van der Waals surface area contributed by atoms with Crippen LogP contribution in [0, 0.1) is 2.88 Å². The van der Waals surface area contributed by atoms with Crippen molar-refractivity contribution in [2.75, 3.05) is 5.32 Å². The highest BCUT2D eigenvalue weighted by molar-refractivity contribution is 14.1. The van der Waals surface area contributed by atoms with Crippen LogP contribution in [0.5, 0.6) is 0 Å². The number of carbonyl (C=O) groups is 2. The SMILES string of the molecule is O=C(Nc1c(Cl)cccc1C(=O)O)c1csc(I)c1. The van der Waals surface area contributed by atoms with E-state index in [2.05, 4.69) is 27.9 Å². The fraction of sp³-hybridized carbons (Fsp3) is 0. The summed E-state index contributed by atoms with van der Waals surface area (Å²) < 4.78 is 0.973. The molecule has 2 rings (SSSR count). The van der Waals surface area contributed by atoms with Gasteiger partial charge in [0.2, 0.25) is 0 Å². The molecular weight excluding hydrogens is 401 g/mol. The molecule has 0 bridgehead atoms. The number of nitrogens with one attached hydrogen (secondary N) is 1. The molecule has 7 heteroatoms. The highest BCUT2D eigenvalue weighted by Crippen LogP contribution is 2.27. The number of carboxylic acid groups (broad SMARTS) is 1. The predicted molar refractivity (Wildman–Crippen MR) is 83.4 cm³/mol. The van der Waals surface area contributed by atoms with Crippen LogP contribution >= 0.6 is 45.5 Å². The molecule has 1 aromatic heterocycles. The lowest BCUT2D eigenvalue weighted by Gasteiger charge is -2.09. The number of para-hydroxylation sites is 1. The third-order valence-electron chi connectivity index (χ3n) is 2.31. The lowest BCUT2D eigenvalue weighted by Crippen LogP contribution is -2.14. The first-order valence-electron chi connectivity index (χ1n) is 5.06. The summed E-state index contributed by atoms with van der Waals surface area (Å²) in [5, 5.41) is 13.5. The summed E-state index contributed by atoms with van der Waals surface area (Å²) in [5.74, 6) is -1.52. The summed E-state index contributed by atoms with van der Waals surface area (Å²) in [4.78, 5) is 23.1. The van der Waals surface area contributed by atoms with Crippen molar-refractivity contribution in [3.63, 3.8) is 0 Å². The molecule has 1 amide bonds. The lowest BCUT2D eigenvalue weighted by atomic mass is 10.1. The van der Waals surface area contributed by atoms with Crippen molar-refractivity contribution in [3.8, 4) is 0 Å². The predicted octanol–water partition coefficient (Wildman–Crippen LogP) is 3.96. The lowest BCUT2D eigenvalue weighted by molar-refractivity contribution is 0.0698. The zero-order valence-electron chi connectivity index (χ0n) is 9.31. The number of amides is 1. The number of anilines is 1. The number of benzene rings is 1. The molecule has 19 heavy (non-hydrogen) atoms. The van der Waals surface area contributed by atoms with Crippen LogP contribution in [0.4, 0.5) is 5.69 Å². The van der Waals surface area contributed by atoms with Gasteiger partial charge in [-0.05, 0) is 40.8 Å². The van der Waals surface area contributed by atoms with E-state index in [-0.39, 0.29) is 22.2 Å². The van der Waals surface area contributed by atoms with Crippen molar-refractivity contribution in [3.05, 3.63) is 48.7 Å². The summed E-state index contributed by atoms with van der Waals surface area (Å²) in [6, 6.07) is 6.16. The molecule has 2 N–H and O–H groups in total. The Morgan fingerprint density at radius 2 is 2.11 bits per heavy atom. The summed E-state index contributed by atoms with van der Waals surface area (Å²) in [6.45, 7) is 0. The molecular formula is C12H7ClINO3S. The third-order valence-corrected chi connectivity index (χ3v) is 4.42. The van der Waals surface area contributed by atoms with Gasteiger partial charge in [-0.2, -0.15) is 0 Å². The highest BCUT2D eigenvalue weighted by Gasteiger charge is 2.16. The van der Waals surface area contributed by atoms with Gasteiger partial charge in [0.1, 0.15) is 0 Å². The van der Waals surface area contributed by atoms with E-state index in [1.165, 1.54) is 29.5 Å². The largest absolute Gasteiger partial charge is 0.478 e. The van der Waals surface area contributed by atoms with Gasteiger partial charge in [0.05, 0.1) is 24.7 Å². The number of rotatable bonds is 3. The molecule has 0 unspecified atom stereocenters. The van der Waals surface area contributed by atoms with Crippen LogP contribution in [0.3, 0.4) is 0 Å². The zero-order valence-corrected chi connectivity index (χ0v) is 13.0. The van der Waals surface area contributed by atoms with E-state index >= 15 is 0 Å². The van der Waals surface area contributed by atoms with Gasteiger partial charge in [0, 0.05) is 5.38 Å². The Morgan fingerprint density at radius 1 is 1.37 bits per heavy atom. The van der Waals surface area contributed by atoms with E-state index in [0.717, 1.165) is 2.88 Å². The Labute approximate surface area is 131 Å². The van der Waals surface area contributed by atoms with Crippen molar-refractivity contribution in [2.24, 2.45) is 0 Å². The molecule has 0 fully saturated rings. The van der Waals surface area contributed by atoms with E-state index < -0.39 is 5.97 Å². The van der Waals surface area contributed by atoms with E-state index in [1.807, 2.05) is 0 Å². The van der Waals surface area contributed by atoms with Crippen molar-refractivity contribution < 1.29 is 14.7 Å². The van der Waals surface area contributed by atoms with E-state index in [0.29, 0.717) is 5.56 Å². The Bertz CT molecular complexity index is 656. The average Bonchev–Trinajstić information content (AvgIpc) is 2.78. The maximum Gasteiger partial charge on any atom is 0.337 e. The maximum atomic E-state index is 12.0. The van der Waals surface area contributed by atoms with E-state index in [9.17, 15) is 9.59 Å². The molecule has 0 saturated heterocycles. The summed E-state index contributed by atoms with van der Waals surface area (Å²) >= 11 is 9.48. The van der Waals surface area contributed by atoms with Gasteiger partial charge in [-0.3, -0.25) is 4.79 Å². The molecule has 0 aliphatic heterocycles. The average molecular weight is 408 g/mol. The quantitative estimate of drug-likeness (QED) is 0.757. The standard InChI is InChI=1S/C12H7ClINO3S/c13-8-3-1-2-7(12(17)18)10(8)15-11(16)6-4-9(14)19-5-6/h1-5H,(H,15,16)(H,17,18). The fourth-order valence-electron chi connectivity index (χ4n) is 1.44. The van der Waals surface area contributed by atoms with Gasteiger partial charge in [-0.15, -0.1) is 11.3 Å². The number of thiophene rings is 1. The number of hydrogen-bond donors (Lipinski definition) is 2. The first kappa shape index (κ1) is 14.3. The van der Waals surface area contributed by atoms with Crippen LogP contribution in [-0.4, -0.2) is 17.0 Å². The van der Waals surface area contributed by atoms with Crippen LogP contribution < -0.4 is 5.32 Å². The van der Waals surface area contributed by atoms with Gasteiger partial charge in [-0.1, -0.05) is 17.7 Å². The Kier molecular flexibility index (Phi) is 4.43. The number of halogens is 2. The summed E-state index contributed by atoms with van der Waals surface area (Å²) in [7, 11) is 0. The monoisotopic (exact) mass is 407 g/mol. The van der Waals surface area contributed by atoms with Crippen molar-refractivity contribution >= 4 is 63.1 Å². The second-order valence-corrected chi connectivity index (χ2v) is 6.77. The van der Waals surface area contributed by atoms with E-state index in [4.69, 9.17) is 16.7 Å². The summed E-state index contributed by atoms with van der Waals surface area (Å²) in [5.41, 5.74) is 0.555. The van der Waals surface area contributed by atoms with Crippen molar-refractivity contribution in [2.45, 2.75) is 0 Å². The molecule has 4 nitrogen and oxygen atoms in total. The van der Waals surface area contributed by atoms with Gasteiger partial charge in [0.25, 0.3) is 5.91 Å². The second-order valence-electron chi connectivity index (χ2n) is 3.56. The van der Waals surface area contributed by atoms with Crippen LogP contribution in [0.2, 0.25) is 5.02 Å². The molecule has 0 atom stereocenters. The first-order valence-corrected chi connectivity index (χ1v) is 7.40. The second kappa shape index (κ2) is 5.89. The van der Waals surface area contributed by atoms with Crippen LogP contribution in [0.1, 0.15) is 20.7 Å². The minimum absolute atomic E-state index is 0.0363. The zero-order chi connectivity index (χ0) is 14.0. The molecule has 0 saturated carbocycles. The Hall–Kier alpha value is -1.12. The number of hydrogen-bond acceptors (Lipinski definition) is 3.